The smallest absolute Gasteiger partial charge is 0.252 e. The molecule has 33 heavy (non-hydrogen) atoms. The molecule has 0 spiro atoms. The van der Waals surface area contributed by atoms with Gasteiger partial charge in [-0.1, -0.05) is 42.5 Å². The molecule has 1 N–H and O–H groups in total. The van der Waals surface area contributed by atoms with Gasteiger partial charge in [0.1, 0.15) is 0 Å². The van der Waals surface area contributed by atoms with Crippen molar-refractivity contribution in [2.24, 2.45) is 0 Å². The van der Waals surface area contributed by atoms with Crippen molar-refractivity contribution in [3.05, 3.63) is 89.5 Å². The number of nitrogens with zero attached hydrogens (tertiary/aromatic N) is 1. The zero-order valence-electron chi connectivity index (χ0n) is 18.8. The van der Waals surface area contributed by atoms with Gasteiger partial charge in [-0.25, -0.2) is 4.98 Å². The van der Waals surface area contributed by atoms with Crippen molar-refractivity contribution in [3.8, 4) is 22.8 Å². The minimum absolute atomic E-state index is 0.0129. The molecule has 0 saturated heterocycles. The molecule has 166 valence electrons. The van der Waals surface area contributed by atoms with E-state index in [-0.39, 0.29) is 11.9 Å². The maximum Gasteiger partial charge on any atom is 0.252 e. The summed E-state index contributed by atoms with van der Waals surface area (Å²) in [5.74, 6) is 1.18. The van der Waals surface area contributed by atoms with E-state index in [1.165, 1.54) is 11.1 Å². The summed E-state index contributed by atoms with van der Waals surface area (Å²) in [4.78, 5) is 18.4. The van der Waals surface area contributed by atoms with Crippen LogP contribution in [0.15, 0.2) is 72.8 Å². The number of methoxy groups -OCH3 is 2. The first-order chi connectivity index (χ1) is 16.2. The summed E-state index contributed by atoms with van der Waals surface area (Å²) in [5.41, 5.74) is 5.50. The van der Waals surface area contributed by atoms with Gasteiger partial charge in [0.25, 0.3) is 5.91 Å². The minimum Gasteiger partial charge on any atom is -0.493 e. The van der Waals surface area contributed by atoms with E-state index in [0.717, 1.165) is 35.7 Å². The van der Waals surface area contributed by atoms with E-state index < -0.39 is 0 Å². The Bertz CT molecular complexity index is 1330. The monoisotopic (exact) mass is 438 g/mol. The molecule has 4 aromatic rings. The van der Waals surface area contributed by atoms with Crippen LogP contribution in [-0.2, 0) is 6.42 Å². The lowest BCUT2D eigenvalue weighted by molar-refractivity contribution is 0.0934. The normalized spacial score (nSPS) is 15.0. The Morgan fingerprint density at radius 1 is 0.939 bits per heavy atom. The Kier molecular flexibility index (Phi) is 5.69. The van der Waals surface area contributed by atoms with E-state index >= 15 is 0 Å². The fourth-order valence-electron chi connectivity index (χ4n) is 4.65. The number of carbonyl (C=O) groups excluding carboxylic acids is 1. The standard InChI is InChI=1S/C28H26N2O3/c1-32-26-15-14-19(16-27(26)33-2)25-17-22(21-11-5-6-12-24(21)29-25)28(31)30-23-13-7-9-18-8-3-4-10-20(18)23/h3-6,8,10-12,14-17,23H,7,9,13H2,1-2H3,(H,30,31)/t23-/m1/s1. The van der Waals surface area contributed by atoms with Gasteiger partial charge in [0.2, 0.25) is 0 Å². The second-order valence-electron chi connectivity index (χ2n) is 8.26. The maximum absolute atomic E-state index is 13.6. The van der Waals surface area contributed by atoms with Crippen molar-refractivity contribution in [2.45, 2.75) is 25.3 Å². The fraction of sp³-hybridized carbons (Fsp3) is 0.214. The molecular formula is C28H26N2O3. The first-order valence-corrected chi connectivity index (χ1v) is 11.2. The van der Waals surface area contributed by atoms with Gasteiger partial charge in [0.15, 0.2) is 11.5 Å². The van der Waals surface area contributed by atoms with Crippen molar-refractivity contribution >= 4 is 16.8 Å². The van der Waals surface area contributed by atoms with Crippen LogP contribution in [0.4, 0.5) is 0 Å². The van der Waals surface area contributed by atoms with Crippen LogP contribution in [0, 0.1) is 0 Å². The number of hydrogen-bond donors (Lipinski definition) is 1. The number of hydrogen-bond acceptors (Lipinski definition) is 4. The number of carbonyl (C=O) groups is 1. The number of ether oxygens (including phenoxy) is 2. The summed E-state index contributed by atoms with van der Waals surface area (Å²) in [7, 11) is 3.22. The van der Waals surface area contributed by atoms with Crippen LogP contribution >= 0.6 is 0 Å². The van der Waals surface area contributed by atoms with Gasteiger partial charge in [-0.2, -0.15) is 0 Å². The summed E-state index contributed by atoms with van der Waals surface area (Å²) in [6.07, 6.45) is 3.06. The number of nitrogens with one attached hydrogen (secondary N) is 1. The zero-order chi connectivity index (χ0) is 22.8. The van der Waals surface area contributed by atoms with E-state index in [0.29, 0.717) is 22.8 Å². The highest BCUT2D eigenvalue weighted by Gasteiger charge is 2.23. The van der Waals surface area contributed by atoms with Gasteiger partial charge in [-0.3, -0.25) is 4.79 Å². The molecule has 0 unspecified atom stereocenters. The number of aromatic nitrogens is 1. The number of aryl methyl sites for hydroxylation is 1. The van der Waals surface area contributed by atoms with Crippen molar-refractivity contribution in [3.63, 3.8) is 0 Å². The van der Waals surface area contributed by atoms with Gasteiger partial charge >= 0.3 is 0 Å². The lowest BCUT2D eigenvalue weighted by Crippen LogP contribution is -2.31. The maximum atomic E-state index is 13.6. The topological polar surface area (TPSA) is 60.5 Å². The Morgan fingerprint density at radius 2 is 1.73 bits per heavy atom. The van der Waals surface area contributed by atoms with Crippen LogP contribution in [0.2, 0.25) is 0 Å². The van der Waals surface area contributed by atoms with Crippen molar-refractivity contribution < 1.29 is 14.3 Å². The average Bonchev–Trinajstić information content (AvgIpc) is 2.87. The molecule has 5 heteroatoms. The average molecular weight is 439 g/mol. The molecule has 0 radical (unpaired) electrons. The second-order valence-corrected chi connectivity index (χ2v) is 8.26. The van der Waals surface area contributed by atoms with Gasteiger partial charge in [-0.05, 0) is 60.7 Å². The molecular weight excluding hydrogens is 412 g/mol. The number of rotatable bonds is 5. The molecule has 3 aromatic carbocycles. The molecule has 5 nitrogen and oxygen atoms in total. The Labute approximate surface area is 193 Å². The fourth-order valence-corrected chi connectivity index (χ4v) is 4.65. The Balaban J connectivity index is 1.55. The predicted octanol–water partition coefficient (Wildman–Crippen LogP) is 5.73. The molecule has 1 aromatic heterocycles. The minimum atomic E-state index is -0.0861. The van der Waals surface area contributed by atoms with E-state index in [4.69, 9.17) is 14.5 Å². The SMILES string of the molecule is COc1ccc(-c2cc(C(=O)N[C@@H]3CCCc4ccccc43)c3ccccc3n2)cc1OC. The first-order valence-electron chi connectivity index (χ1n) is 11.2. The molecule has 5 rings (SSSR count). The molecule has 0 fully saturated rings. The molecule has 0 aliphatic heterocycles. The van der Waals surface area contributed by atoms with E-state index in [9.17, 15) is 4.79 Å². The van der Waals surface area contributed by atoms with Crippen LogP contribution in [0.25, 0.3) is 22.2 Å². The highest BCUT2D eigenvalue weighted by molar-refractivity contribution is 6.07. The number of pyridine rings is 1. The molecule has 1 aliphatic carbocycles. The second kappa shape index (κ2) is 8.94. The van der Waals surface area contributed by atoms with E-state index in [1.807, 2.05) is 54.6 Å². The molecule has 1 atom stereocenters. The van der Waals surface area contributed by atoms with Gasteiger partial charge in [0, 0.05) is 10.9 Å². The number of para-hydroxylation sites is 1. The van der Waals surface area contributed by atoms with Gasteiger partial charge < -0.3 is 14.8 Å². The molecule has 1 amide bonds. The van der Waals surface area contributed by atoms with Crippen LogP contribution in [0.5, 0.6) is 11.5 Å². The molecule has 1 aliphatic rings. The number of fused-ring (bicyclic) bond motifs is 2. The number of amides is 1. The summed E-state index contributed by atoms with van der Waals surface area (Å²) >= 11 is 0. The zero-order valence-corrected chi connectivity index (χ0v) is 18.8. The van der Waals surface area contributed by atoms with Crippen LogP contribution < -0.4 is 14.8 Å². The molecule has 0 saturated carbocycles. The largest absolute Gasteiger partial charge is 0.493 e. The molecule has 1 heterocycles. The van der Waals surface area contributed by atoms with Crippen molar-refractivity contribution in [1.82, 2.24) is 10.3 Å². The summed E-state index contributed by atoms with van der Waals surface area (Å²) < 4.78 is 10.8. The lowest BCUT2D eigenvalue weighted by atomic mass is 9.87. The van der Waals surface area contributed by atoms with Gasteiger partial charge in [-0.15, -0.1) is 0 Å². The Morgan fingerprint density at radius 3 is 2.58 bits per heavy atom. The van der Waals surface area contributed by atoms with E-state index in [2.05, 4.69) is 23.5 Å². The third-order valence-corrected chi connectivity index (χ3v) is 6.31. The highest BCUT2D eigenvalue weighted by Crippen LogP contribution is 2.34. The third-order valence-electron chi connectivity index (χ3n) is 6.31. The summed E-state index contributed by atoms with van der Waals surface area (Å²) in [6.45, 7) is 0. The van der Waals surface area contributed by atoms with E-state index in [1.54, 1.807) is 14.2 Å². The first kappa shape index (κ1) is 21.0. The lowest BCUT2D eigenvalue weighted by Gasteiger charge is -2.26. The molecule has 0 bridgehead atoms. The van der Waals surface area contributed by atoms with Crippen LogP contribution in [0.1, 0.15) is 40.4 Å². The third kappa shape index (κ3) is 4.02. The van der Waals surface area contributed by atoms with Crippen LogP contribution in [0.3, 0.4) is 0 Å². The Hall–Kier alpha value is -3.86. The highest BCUT2D eigenvalue weighted by atomic mass is 16.5. The van der Waals surface area contributed by atoms with Gasteiger partial charge in [0.05, 0.1) is 37.0 Å². The number of benzene rings is 3. The predicted molar refractivity (Wildman–Crippen MR) is 130 cm³/mol. The van der Waals surface area contributed by atoms with Crippen molar-refractivity contribution in [1.29, 1.82) is 0 Å². The van der Waals surface area contributed by atoms with Crippen LogP contribution in [-0.4, -0.2) is 25.1 Å². The summed E-state index contributed by atoms with van der Waals surface area (Å²) in [5, 5.41) is 4.13. The summed E-state index contributed by atoms with van der Waals surface area (Å²) in [6, 6.07) is 23.7. The van der Waals surface area contributed by atoms with Crippen molar-refractivity contribution in [2.75, 3.05) is 14.2 Å². The quantitative estimate of drug-likeness (QED) is 0.433.